The summed E-state index contributed by atoms with van der Waals surface area (Å²) in [5, 5.41) is 0.395. The van der Waals surface area contributed by atoms with Gasteiger partial charge in [0.2, 0.25) is 0 Å². The number of hydrogen-bond acceptors (Lipinski definition) is 5. The molecule has 0 N–H and O–H groups in total. The molecule has 1 amide bonds. The number of benzene rings is 3. The van der Waals surface area contributed by atoms with Crippen molar-refractivity contribution in [3.63, 3.8) is 0 Å². The van der Waals surface area contributed by atoms with Gasteiger partial charge in [-0.25, -0.2) is 8.42 Å². The van der Waals surface area contributed by atoms with Crippen LogP contribution in [0, 0.1) is 13.8 Å². The van der Waals surface area contributed by atoms with Crippen LogP contribution in [0.4, 0.5) is 5.69 Å². The lowest BCUT2D eigenvalue weighted by Crippen LogP contribution is -2.40. The average molecular weight is 460 g/mol. The molecule has 0 aliphatic rings. The van der Waals surface area contributed by atoms with Gasteiger partial charge in [-0.15, -0.1) is 0 Å². The van der Waals surface area contributed by atoms with Crippen LogP contribution >= 0.6 is 11.6 Å². The minimum absolute atomic E-state index is 0.0457. The lowest BCUT2D eigenvalue weighted by molar-refractivity contribution is -0.119. The Kier molecular flexibility index (Phi) is 6.87. The second kappa shape index (κ2) is 9.41. The van der Waals surface area contributed by atoms with Crippen LogP contribution in [-0.4, -0.2) is 28.0 Å². The molecule has 0 aliphatic carbocycles. The number of carbonyl (C=O) groups is 1. The Morgan fingerprint density at radius 1 is 0.935 bits per heavy atom. The van der Waals surface area contributed by atoms with E-state index in [1.807, 2.05) is 13.0 Å². The van der Waals surface area contributed by atoms with Gasteiger partial charge in [-0.1, -0.05) is 23.7 Å². The molecule has 0 saturated heterocycles. The molecule has 3 aromatic rings. The maximum atomic E-state index is 13.4. The quantitative estimate of drug-likeness (QED) is 0.509. The van der Waals surface area contributed by atoms with Gasteiger partial charge in [0, 0.05) is 5.02 Å². The monoisotopic (exact) mass is 459 g/mol. The van der Waals surface area contributed by atoms with E-state index in [1.54, 1.807) is 50.4 Å². The van der Waals surface area contributed by atoms with Gasteiger partial charge in [0.25, 0.3) is 15.9 Å². The summed E-state index contributed by atoms with van der Waals surface area (Å²) in [5.74, 6) is 0.333. The third-order valence-corrected chi connectivity index (χ3v) is 6.58. The van der Waals surface area contributed by atoms with Crippen molar-refractivity contribution < 1.29 is 22.7 Å². The summed E-state index contributed by atoms with van der Waals surface area (Å²) in [7, 11) is -2.65. The minimum Gasteiger partial charge on any atom is -0.497 e. The Hall–Kier alpha value is -3.03. The first-order valence-electron chi connectivity index (χ1n) is 9.40. The lowest BCUT2D eigenvalue weighted by Gasteiger charge is -2.24. The van der Waals surface area contributed by atoms with Crippen molar-refractivity contribution in [2.75, 3.05) is 18.0 Å². The summed E-state index contributed by atoms with van der Waals surface area (Å²) in [6.07, 6.45) is 0. The zero-order valence-electron chi connectivity index (χ0n) is 17.3. The van der Waals surface area contributed by atoms with Crippen LogP contribution in [0.5, 0.6) is 11.5 Å². The summed E-state index contributed by atoms with van der Waals surface area (Å²) in [6.45, 7) is 3.11. The highest BCUT2D eigenvalue weighted by molar-refractivity contribution is 7.93. The second-order valence-corrected chi connectivity index (χ2v) is 9.09. The van der Waals surface area contributed by atoms with Gasteiger partial charge in [-0.2, -0.15) is 4.31 Å². The number of hydrogen-bond donors (Lipinski definition) is 0. The van der Waals surface area contributed by atoms with Gasteiger partial charge in [-0.3, -0.25) is 4.79 Å². The van der Waals surface area contributed by atoms with Crippen LogP contribution in [0.2, 0.25) is 5.02 Å². The Morgan fingerprint density at radius 2 is 1.55 bits per heavy atom. The van der Waals surface area contributed by atoms with Crippen LogP contribution in [-0.2, 0) is 14.8 Å². The second-order valence-electron chi connectivity index (χ2n) is 6.87. The number of nitrogens with zero attached hydrogens (tertiary/aromatic N) is 1. The summed E-state index contributed by atoms with van der Waals surface area (Å²) in [6, 6.07) is 17.6. The van der Waals surface area contributed by atoms with E-state index in [9.17, 15) is 13.2 Å². The van der Waals surface area contributed by atoms with Gasteiger partial charge >= 0.3 is 0 Å². The number of aryl methyl sites for hydroxylation is 2. The van der Waals surface area contributed by atoms with Crippen LogP contribution in [0.1, 0.15) is 11.1 Å². The van der Waals surface area contributed by atoms with E-state index in [1.165, 1.54) is 24.3 Å². The number of carbonyl (C=O) groups excluding carboxylic acids is 1. The number of methoxy groups -OCH3 is 1. The molecule has 0 aromatic heterocycles. The smallest absolute Gasteiger partial charge is 0.278 e. The normalized spacial score (nSPS) is 11.1. The highest BCUT2D eigenvalue weighted by Gasteiger charge is 2.32. The highest BCUT2D eigenvalue weighted by atomic mass is 35.5. The molecule has 0 heterocycles. The van der Waals surface area contributed by atoms with E-state index in [0.717, 1.165) is 9.87 Å². The Bertz CT molecular complexity index is 1180. The van der Waals surface area contributed by atoms with E-state index < -0.39 is 22.5 Å². The van der Waals surface area contributed by atoms with Crippen LogP contribution in [0.3, 0.4) is 0 Å². The molecule has 0 saturated carbocycles. The van der Waals surface area contributed by atoms with E-state index in [-0.39, 0.29) is 10.6 Å². The molecular formula is C23H22ClNO5S. The molecular weight excluding hydrogens is 438 g/mol. The van der Waals surface area contributed by atoms with Crippen molar-refractivity contribution in [1.82, 2.24) is 0 Å². The minimum atomic E-state index is -4.20. The van der Waals surface area contributed by atoms with Gasteiger partial charge in [-0.05, 0) is 79.6 Å². The SMILES string of the molecule is COc1ccc(OCC(=O)N(c2cc(C)ccc2C)S(=O)(=O)c2ccc(Cl)cc2)cc1. The van der Waals surface area contributed by atoms with E-state index in [4.69, 9.17) is 21.1 Å². The lowest BCUT2D eigenvalue weighted by atomic mass is 10.1. The average Bonchev–Trinajstić information content (AvgIpc) is 2.75. The molecule has 0 fully saturated rings. The van der Waals surface area contributed by atoms with Crippen molar-refractivity contribution in [3.8, 4) is 11.5 Å². The Labute approximate surface area is 187 Å². The third-order valence-electron chi connectivity index (χ3n) is 4.58. The van der Waals surface area contributed by atoms with Crippen LogP contribution in [0.25, 0.3) is 0 Å². The topological polar surface area (TPSA) is 72.9 Å². The molecule has 3 rings (SSSR count). The fraction of sp³-hybridized carbons (Fsp3) is 0.174. The van der Waals surface area contributed by atoms with Crippen molar-refractivity contribution in [1.29, 1.82) is 0 Å². The molecule has 0 aliphatic heterocycles. The molecule has 0 spiro atoms. The molecule has 162 valence electrons. The first kappa shape index (κ1) is 22.7. The van der Waals surface area contributed by atoms with E-state index in [0.29, 0.717) is 22.1 Å². The fourth-order valence-electron chi connectivity index (χ4n) is 2.92. The van der Waals surface area contributed by atoms with Gasteiger partial charge < -0.3 is 9.47 Å². The maximum absolute atomic E-state index is 13.4. The number of ether oxygens (including phenoxy) is 2. The number of anilines is 1. The van der Waals surface area contributed by atoms with Crippen molar-refractivity contribution in [3.05, 3.63) is 82.9 Å². The van der Waals surface area contributed by atoms with Crippen LogP contribution in [0.15, 0.2) is 71.6 Å². The van der Waals surface area contributed by atoms with Gasteiger partial charge in [0.15, 0.2) is 6.61 Å². The molecule has 0 bridgehead atoms. The van der Waals surface area contributed by atoms with Crippen LogP contribution < -0.4 is 13.8 Å². The number of halogens is 1. The highest BCUT2D eigenvalue weighted by Crippen LogP contribution is 2.29. The number of rotatable bonds is 7. The summed E-state index contributed by atoms with van der Waals surface area (Å²) >= 11 is 5.90. The van der Waals surface area contributed by atoms with Gasteiger partial charge in [0.05, 0.1) is 17.7 Å². The van der Waals surface area contributed by atoms with Crippen molar-refractivity contribution >= 4 is 33.2 Å². The zero-order chi connectivity index (χ0) is 22.6. The Morgan fingerprint density at radius 3 is 2.16 bits per heavy atom. The fourth-order valence-corrected chi connectivity index (χ4v) is 4.52. The maximum Gasteiger partial charge on any atom is 0.278 e. The summed E-state index contributed by atoms with van der Waals surface area (Å²) in [4.78, 5) is 13.1. The molecule has 6 nitrogen and oxygen atoms in total. The molecule has 8 heteroatoms. The molecule has 0 unspecified atom stereocenters. The van der Waals surface area contributed by atoms with Crippen molar-refractivity contribution in [2.24, 2.45) is 0 Å². The largest absolute Gasteiger partial charge is 0.497 e. The van der Waals surface area contributed by atoms with Gasteiger partial charge in [0.1, 0.15) is 11.5 Å². The molecule has 0 radical (unpaired) electrons. The zero-order valence-corrected chi connectivity index (χ0v) is 18.9. The molecule has 31 heavy (non-hydrogen) atoms. The predicted octanol–water partition coefficient (Wildman–Crippen LogP) is 4.77. The van der Waals surface area contributed by atoms with Crippen molar-refractivity contribution in [2.45, 2.75) is 18.7 Å². The third kappa shape index (κ3) is 5.18. The Balaban J connectivity index is 1.97. The summed E-state index contributed by atoms with van der Waals surface area (Å²) in [5.41, 5.74) is 1.74. The molecule has 3 aromatic carbocycles. The summed E-state index contributed by atoms with van der Waals surface area (Å²) < 4.78 is 38.3. The number of sulfonamides is 1. The predicted molar refractivity (Wildman–Crippen MR) is 121 cm³/mol. The van der Waals surface area contributed by atoms with E-state index in [2.05, 4.69) is 0 Å². The first-order chi connectivity index (χ1) is 14.7. The number of amides is 1. The first-order valence-corrected chi connectivity index (χ1v) is 11.2. The molecule has 0 atom stereocenters. The standard InChI is InChI=1S/C23H22ClNO5S/c1-16-4-5-17(2)22(14-16)25(31(27,28)21-12-6-18(24)7-13-21)23(26)15-30-20-10-8-19(29-3)9-11-20/h4-14H,15H2,1-3H3. The van der Waals surface area contributed by atoms with E-state index >= 15 is 0 Å².